The third kappa shape index (κ3) is 2.25. The van der Waals surface area contributed by atoms with Crippen LogP contribution in [0.3, 0.4) is 0 Å². The molecule has 0 fully saturated rings. The Labute approximate surface area is 182 Å². The Morgan fingerprint density at radius 2 is 1.45 bits per heavy atom. The summed E-state index contributed by atoms with van der Waals surface area (Å²) in [4.78, 5) is 0. The third-order valence-corrected chi connectivity index (χ3v) is 7.46. The van der Waals surface area contributed by atoms with Crippen molar-refractivity contribution >= 4 is 49.5 Å². The zero-order chi connectivity index (χ0) is 20.5. The molecule has 0 spiro atoms. The van der Waals surface area contributed by atoms with Crippen LogP contribution in [0, 0.1) is 0 Å². The van der Waals surface area contributed by atoms with E-state index in [1.165, 1.54) is 79.1 Å². The Morgan fingerprint density at radius 3 is 2.29 bits per heavy atom. The first-order valence-corrected chi connectivity index (χ1v) is 11.6. The maximum Gasteiger partial charge on any atom is 0.0321 e. The van der Waals surface area contributed by atoms with E-state index >= 15 is 0 Å². The van der Waals surface area contributed by atoms with Crippen molar-refractivity contribution in [2.75, 3.05) is 0 Å². The van der Waals surface area contributed by atoms with E-state index in [9.17, 15) is 0 Å². The van der Waals surface area contributed by atoms with Gasteiger partial charge in [0, 0.05) is 5.92 Å². The molecule has 148 valence electrons. The summed E-state index contributed by atoms with van der Waals surface area (Å²) in [6.45, 7) is 2.31. The van der Waals surface area contributed by atoms with Gasteiger partial charge in [-0.25, -0.2) is 0 Å². The minimum Gasteiger partial charge on any atom is -0.0654 e. The van der Waals surface area contributed by atoms with Crippen LogP contribution in [0.15, 0.2) is 78.9 Å². The normalized spacial score (nSPS) is 16.7. The first kappa shape index (κ1) is 17.3. The summed E-state index contributed by atoms with van der Waals surface area (Å²) < 4.78 is 0. The topological polar surface area (TPSA) is 0 Å². The van der Waals surface area contributed by atoms with Gasteiger partial charge in [0.05, 0.1) is 0 Å². The molecule has 1 unspecified atom stereocenters. The van der Waals surface area contributed by atoms with Gasteiger partial charge in [-0.1, -0.05) is 86.1 Å². The lowest BCUT2D eigenvalue weighted by Crippen LogP contribution is -2.09. The highest BCUT2D eigenvalue weighted by Crippen LogP contribution is 2.51. The predicted octanol–water partition coefficient (Wildman–Crippen LogP) is 7.86. The quantitative estimate of drug-likeness (QED) is 0.291. The highest BCUT2D eigenvalue weighted by Gasteiger charge is 2.34. The Kier molecular flexibility index (Phi) is 3.52. The summed E-state index contributed by atoms with van der Waals surface area (Å²) >= 11 is 0. The molecule has 7 rings (SSSR count). The molecule has 0 radical (unpaired) electrons. The monoisotopic (exact) mass is 396 g/mol. The lowest BCUT2D eigenvalue weighted by atomic mass is 9.78. The van der Waals surface area contributed by atoms with Crippen molar-refractivity contribution in [3.8, 4) is 0 Å². The van der Waals surface area contributed by atoms with E-state index in [1.54, 1.807) is 5.57 Å². The van der Waals surface area contributed by atoms with Gasteiger partial charge in [0.1, 0.15) is 0 Å². The van der Waals surface area contributed by atoms with E-state index in [2.05, 4.69) is 91.9 Å². The third-order valence-electron chi connectivity index (χ3n) is 7.46. The first-order chi connectivity index (χ1) is 15.3. The minimum atomic E-state index is 0.385. The fraction of sp³-hybridized carbons (Fsp3) is 0.161. The van der Waals surface area contributed by atoms with Gasteiger partial charge in [-0.3, -0.25) is 0 Å². The molecule has 0 aromatic heterocycles. The van der Waals surface area contributed by atoms with E-state index in [4.69, 9.17) is 0 Å². The molecule has 5 aromatic carbocycles. The van der Waals surface area contributed by atoms with Gasteiger partial charge in [0.2, 0.25) is 0 Å². The van der Waals surface area contributed by atoms with Crippen LogP contribution in [0.2, 0.25) is 0 Å². The predicted molar refractivity (Wildman–Crippen MR) is 134 cm³/mol. The Balaban J connectivity index is 1.67. The van der Waals surface area contributed by atoms with Crippen molar-refractivity contribution in [2.45, 2.75) is 32.1 Å². The SMILES string of the molecule is CCCCC1=c2c(cc3cccc4cccc2c43)C2=Cc3cccc4cccc(c34)C21. The van der Waals surface area contributed by atoms with Crippen LogP contribution in [-0.2, 0) is 0 Å². The van der Waals surface area contributed by atoms with Crippen LogP contribution in [0.1, 0.15) is 48.8 Å². The molecule has 0 heteroatoms. The lowest BCUT2D eigenvalue weighted by Gasteiger charge is -2.25. The van der Waals surface area contributed by atoms with Crippen LogP contribution in [0.5, 0.6) is 0 Å². The molecule has 2 aliphatic carbocycles. The first-order valence-electron chi connectivity index (χ1n) is 11.6. The molecule has 5 aromatic rings. The van der Waals surface area contributed by atoms with Gasteiger partial charge >= 0.3 is 0 Å². The summed E-state index contributed by atoms with van der Waals surface area (Å²) in [5.41, 5.74) is 7.44. The van der Waals surface area contributed by atoms with Gasteiger partial charge in [0.15, 0.2) is 0 Å². The largest absolute Gasteiger partial charge is 0.0654 e. The molecular formula is C31H24. The molecule has 31 heavy (non-hydrogen) atoms. The van der Waals surface area contributed by atoms with Crippen LogP contribution >= 0.6 is 0 Å². The lowest BCUT2D eigenvalue weighted by molar-refractivity contribution is 0.806. The highest BCUT2D eigenvalue weighted by molar-refractivity contribution is 6.16. The smallest absolute Gasteiger partial charge is 0.0321 e. The van der Waals surface area contributed by atoms with Crippen molar-refractivity contribution in [1.29, 1.82) is 0 Å². The second-order valence-electron chi connectivity index (χ2n) is 9.14. The molecule has 1 atom stereocenters. The van der Waals surface area contributed by atoms with Crippen molar-refractivity contribution in [3.63, 3.8) is 0 Å². The number of benzene rings is 5. The van der Waals surface area contributed by atoms with Crippen molar-refractivity contribution in [3.05, 3.63) is 101 Å². The summed E-state index contributed by atoms with van der Waals surface area (Å²) in [5.74, 6) is 0.385. The second-order valence-corrected chi connectivity index (χ2v) is 9.14. The summed E-state index contributed by atoms with van der Waals surface area (Å²) in [5, 5.41) is 9.89. The van der Waals surface area contributed by atoms with Crippen molar-refractivity contribution in [1.82, 2.24) is 0 Å². The van der Waals surface area contributed by atoms with Crippen molar-refractivity contribution in [2.24, 2.45) is 0 Å². The van der Waals surface area contributed by atoms with E-state index < -0.39 is 0 Å². The fourth-order valence-electron chi connectivity index (χ4n) is 6.21. The number of rotatable bonds is 3. The standard InChI is InChI=1S/C31H24/c1-2-3-14-25-30-23-15-6-10-19-8-4-12-21(28(19)23)17-26(30)27-18-22-13-5-9-20-11-7-16-24(29(20)22)31(25)27/h4-13,15-18,30H,2-3,14H2,1H3. The average molecular weight is 397 g/mol. The number of allylic oxidation sites excluding steroid dienone is 1. The molecule has 2 aliphatic rings. The van der Waals surface area contributed by atoms with Gasteiger partial charge in [-0.2, -0.15) is 0 Å². The molecule has 0 amide bonds. The minimum absolute atomic E-state index is 0.385. The van der Waals surface area contributed by atoms with E-state index in [-0.39, 0.29) is 0 Å². The molecule has 0 saturated carbocycles. The molecule has 0 nitrogen and oxygen atoms in total. The highest BCUT2D eigenvalue weighted by atomic mass is 14.4. The molecule has 0 saturated heterocycles. The zero-order valence-electron chi connectivity index (χ0n) is 17.8. The number of fused-ring (bicyclic) bond motifs is 5. The number of hydrogen-bond acceptors (Lipinski definition) is 0. The Hall–Kier alpha value is -3.38. The molecule has 0 N–H and O–H groups in total. The van der Waals surface area contributed by atoms with Gasteiger partial charge < -0.3 is 0 Å². The average Bonchev–Trinajstić information content (AvgIpc) is 3.12. The van der Waals surface area contributed by atoms with Crippen LogP contribution in [0.4, 0.5) is 0 Å². The number of hydrogen-bond donors (Lipinski definition) is 0. The second kappa shape index (κ2) is 6.31. The van der Waals surface area contributed by atoms with Gasteiger partial charge in [0.25, 0.3) is 0 Å². The zero-order valence-corrected chi connectivity index (χ0v) is 17.8. The van der Waals surface area contributed by atoms with Gasteiger partial charge in [-0.15, -0.1) is 0 Å². The Bertz CT molecular complexity index is 1600. The van der Waals surface area contributed by atoms with Crippen LogP contribution in [0.25, 0.3) is 49.5 Å². The molecule has 0 heterocycles. The Morgan fingerprint density at radius 1 is 0.742 bits per heavy atom. The maximum absolute atomic E-state index is 2.48. The van der Waals surface area contributed by atoms with Crippen molar-refractivity contribution < 1.29 is 0 Å². The number of unbranched alkanes of at least 4 members (excludes halogenated alkanes) is 1. The van der Waals surface area contributed by atoms with E-state index in [0.717, 1.165) is 0 Å². The van der Waals surface area contributed by atoms with E-state index in [0.29, 0.717) is 5.92 Å². The summed E-state index contributed by atoms with van der Waals surface area (Å²) in [6, 6.07) is 29.7. The van der Waals surface area contributed by atoms with Crippen LogP contribution < -0.4 is 5.22 Å². The maximum atomic E-state index is 2.48. The van der Waals surface area contributed by atoms with Gasteiger partial charge in [-0.05, 0) is 90.4 Å². The summed E-state index contributed by atoms with van der Waals surface area (Å²) in [7, 11) is 0. The molecular weight excluding hydrogens is 372 g/mol. The summed E-state index contributed by atoms with van der Waals surface area (Å²) in [6.07, 6.45) is 6.12. The fourth-order valence-corrected chi connectivity index (χ4v) is 6.21. The molecule has 0 bridgehead atoms. The van der Waals surface area contributed by atoms with Crippen LogP contribution in [-0.4, -0.2) is 0 Å². The molecule has 0 aliphatic heterocycles. The van der Waals surface area contributed by atoms with E-state index in [1.807, 2.05) is 0 Å².